The third-order valence-electron chi connectivity index (χ3n) is 9.72. The molecule has 7 N–H and O–H groups in total. The first-order valence-electron chi connectivity index (χ1n) is 14.7. The predicted octanol–water partition coefficient (Wildman–Crippen LogP) is 2.03. The standard InChI is InChI=1S/C31H41N3O8/c1-34(2)24-19-12-16-11-18-22(25(36)21(16)28(38)31(19,41)29(39)23(26(24)37)30(32)40)20(35)13-17(27(18)42-3)14-33-10-9-15-7-5-4-6-8-15/h13,15-16,19,24,33,35-36,39,41H,4-12,14H2,1-3H3,(H2,32,40)/t16-,19-,24-,31-/m0/s1. The first-order valence-corrected chi connectivity index (χ1v) is 14.7. The lowest BCUT2D eigenvalue weighted by molar-refractivity contribution is -0.153. The molecular weight excluding hydrogens is 542 g/mol. The van der Waals surface area contributed by atoms with Crippen LogP contribution in [-0.2, 0) is 27.3 Å². The van der Waals surface area contributed by atoms with Crippen LogP contribution in [0.1, 0.15) is 61.6 Å². The van der Waals surface area contributed by atoms with Gasteiger partial charge in [0.2, 0.25) is 5.78 Å². The Morgan fingerprint density at radius 1 is 1.17 bits per heavy atom. The second-order valence-electron chi connectivity index (χ2n) is 12.4. The number of hydrogen-bond donors (Lipinski definition) is 6. The van der Waals surface area contributed by atoms with Crippen molar-refractivity contribution in [3.05, 3.63) is 39.7 Å². The van der Waals surface area contributed by atoms with Gasteiger partial charge in [-0.1, -0.05) is 32.1 Å². The Labute approximate surface area is 245 Å². The number of ketones is 2. The Kier molecular flexibility index (Phi) is 8.12. The second-order valence-corrected chi connectivity index (χ2v) is 12.4. The Bertz CT molecular complexity index is 1380. The number of carbonyl (C=O) groups is 3. The number of likely N-dealkylation sites (N-methyl/N-ethyl adjacent to an activating group) is 1. The number of fused-ring (bicyclic) bond motifs is 3. The van der Waals surface area contributed by atoms with E-state index in [9.17, 15) is 34.8 Å². The molecule has 11 heteroatoms. The summed E-state index contributed by atoms with van der Waals surface area (Å²) in [6.07, 6.45) is 7.67. The number of amides is 1. The molecule has 4 aliphatic carbocycles. The fourth-order valence-corrected chi connectivity index (χ4v) is 7.75. The van der Waals surface area contributed by atoms with E-state index in [4.69, 9.17) is 10.5 Å². The van der Waals surface area contributed by atoms with Crippen LogP contribution in [0.3, 0.4) is 0 Å². The van der Waals surface area contributed by atoms with Gasteiger partial charge in [0.25, 0.3) is 5.91 Å². The zero-order chi connectivity index (χ0) is 30.5. The molecule has 228 valence electrons. The number of methoxy groups -OCH3 is 1. The molecule has 4 aliphatic rings. The van der Waals surface area contributed by atoms with Crippen molar-refractivity contribution >= 4 is 23.2 Å². The number of hydrogen-bond acceptors (Lipinski definition) is 10. The van der Waals surface area contributed by atoms with Crippen LogP contribution in [-0.4, -0.2) is 82.2 Å². The Morgan fingerprint density at radius 2 is 1.86 bits per heavy atom. The molecule has 0 bridgehead atoms. The molecule has 1 aromatic carbocycles. The maximum atomic E-state index is 14.0. The van der Waals surface area contributed by atoms with Crippen LogP contribution in [0.4, 0.5) is 0 Å². The lowest BCUT2D eigenvalue weighted by atomic mass is 9.57. The van der Waals surface area contributed by atoms with Crippen LogP contribution in [0, 0.1) is 17.8 Å². The molecule has 11 nitrogen and oxygen atoms in total. The normalized spacial score (nSPS) is 28.1. The number of nitrogens with zero attached hydrogens (tertiary/aromatic N) is 1. The summed E-state index contributed by atoms with van der Waals surface area (Å²) in [5.74, 6) is -5.53. The minimum absolute atomic E-state index is 0.0223. The van der Waals surface area contributed by atoms with Crippen LogP contribution in [0.25, 0.3) is 5.76 Å². The number of aliphatic hydroxyl groups excluding tert-OH is 2. The summed E-state index contributed by atoms with van der Waals surface area (Å²) in [6, 6.07) is 0.370. The molecule has 0 aliphatic heterocycles. The van der Waals surface area contributed by atoms with Gasteiger partial charge in [-0.25, -0.2) is 0 Å². The lowest BCUT2D eigenvalue weighted by Gasteiger charge is -2.50. The number of benzene rings is 1. The van der Waals surface area contributed by atoms with Gasteiger partial charge < -0.3 is 36.2 Å². The average Bonchev–Trinajstić information content (AvgIpc) is 2.93. The fourth-order valence-electron chi connectivity index (χ4n) is 7.75. The first-order chi connectivity index (χ1) is 19.9. The molecule has 4 atom stereocenters. The summed E-state index contributed by atoms with van der Waals surface area (Å²) in [5.41, 5.74) is 2.95. The molecule has 0 saturated heterocycles. The number of phenolic OH excluding ortho intramolecular Hbond substituents is 1. The number of carbonyl (C=O) groups excluding carboxylic acids is 3. The van der Waals surface area contributed by atoms with Gasteiger partial charge in [-0.2, -0.15) is 0 Å². The number of aromatic hydroxyl groups is 1. The number of Topliss-reactive ketones (excluding diaryl/α,β-unsaturated/α-hetero) is 2. The molecule has 2 saturated carbocycles. The number of rotatable bonds is 8. The largest absolute Gasteiger partial charge is 0.508 e. The Morgan fingerprint density at radius 3 is 2.48 bits per heavy atom. The predicted molar refractivity (Wildman–Crippen MR) is 154 cm³/mol. The van der Waals surface area contributed by atoms with Crippen molar-refractivity contribution in [2.75, 3.05) is 27.7 Å². The van der Waals surface area contributed by atoms with Crippen molar-refractivity contribution in [3.63, 3.8) is 0 Å². The van der Waals surface area contributed by atoms with Gasteiger partial charge in [0.1, 0.15) is 28.6 Å². The smallest absolute Gasteiger partial charge is 0.255 e. The van der Waals surface area contributed by atoms with Gasteiger partial charge in [0.05, 0.1) is 18.7 Å². The molecule has 1 aromatic rings. The minimum Gasteiger partial charge on any atom is -0.508 e. The molecule has 1 amide bonds. The molecule has 0 aromatic heterocycles. The van der Waals surface area contributed by atoms with Crippen molar-refractivity contribution in [2.45, 2.75) is 69.6 Å². The van der Waals surface area contributed by atoms with Crippen molar-refractivity contribution in [3.8, 4) is 11.5 Å². The maximum absolute atomic E-state index is 14.0. The molecule has 5 rings (SSSR count). The third kappa shape index (κ3) is 4.67. The monoisotopic (exact) mass is 583 g/mol. The topological polar surface area (TPSA) is 183 Å². The zero-order valence-corrected chi connectivity index (χ0v) is 24.4. The van der Waals surface area contributed by atoms with Crippen LogP contribution < -0.4 is 15.8 Å². The van der Waals surface area contributed by atoms with Crippen molar-refractivity contribution in [1.82, 2.24) is 10.2 Å². The van der Waals surface area contributed by atoms with Gasteiger partial charge >= 0.3 is 0 Å². The van der Waals surface area contributed by atoms with Crippen molar-refractivity contribution in [2.24, 2.45) is 23.5 Å². The van der Waals surface area contributed by atoms with E-state index in [1.165, 1.54) is 50.2 Å². The van der Waals surface area contributed by atoms with Gasteiger partial charge in [-0.05, 0) is 57.8 Å². The van der Waals surface area contributed by atoms with Gasteiger partial charge in [0, 0.05) is 29.2 Å². The first kappa shape index (κ1) is 30.1. The Hall–Kier alpha value is -3.41. The Balaban J connectivity index is 1.52. The van der Waals surface area contributed by atoms with Crippen molar-refractivity contribution in [1.29, 1.82) is 0 Å². The van der Waals surface area contributed by atoms with E-state index in [-0.39, 0.29) is 29.7 Å². The summed E-state index contributed by atoms with van der Waals surface area (Å²) in [7, 11) is 4.65. The van der Waals surface area contributed by atoms with E-state index in [1.807, 2.05) is 0 Å². The second kappa shape index (κ2) is 11.3. The number of phenols is 1. The van der Waals surface area contributed by atoms with Crippen LogP contribution >= 0.6 is 0 Å². The van der Waals surface area contributed by atoms with Gasteiger partial charge in [-0.3, -0.25) is 19.3 Å². The minimum atomic E-state index is -2.66. The van der Waals surface area contributed by atoms with E-state index >= 15 is 0 Å². The van der Waals surface area contributed by atoms with E-state index in [1.54, 1.807) is 14.1 Å². The van der Waals surface area contributed by atoms with E-state index in [2.05, 4.69) is 5.32 Å². The summed E-state index contributed by atoms with van der Waals surface area (Å²) in [4.78, 5) is 40.8. The highest BCUT2D eigenvalue weighted by atomic mass is 16.5. The highest BCUT2D eigenvalue weighted by Gasteiger charge is 2.64. The number of primary amides is 1. The number of aliphatic hydroxyl groups is 3. The number of nitrogens with one attached hydrogen (secondary N) is 1. The molecule has 0 spiro atoms. The average molecular weight is 584 g/mol. The van der Waals surface area contributed by atoms with Crippen LogP contribution in [0.15, 0.2) is 23.0 Å². The molecule has 0 unspecified atom stereocenters. The highest BCUT2D eigenvalue weighted by molar-refractivity contribution is 6.24. The third-order valence-corrected chi connectivity index (χ3v) is 9.72. The quantitative estimate of drug-likeness (QED) is 0.196. The maximum Gasteiger partial charge on any atom is 0.255 e. The fraction of sp³-hybridized carbons (Fsp3) is 0.581. The lowest BCUT2D eigenvalue weighted by Crippen LogP contribution is -2.65. The molecule has 0 heterocycles. The molecule has 42 heavy (non-hydrogen) atoms. The molecular formula is C31H41N3O8. The number of ether oxygens (including phenoxy) is 1. The number of nitrogens with two attached hydrogens (primary N) is 1. The molecule has 2 fully saturated rings. The summed E-state index contributed by atoms with van der Waals surface area (Å²) >= 11 is 0. The van der Waals surface area contributed by atoms with Crippen LogP contribution in [0.2, 0.25) is 0 Å². The molecule has 0 radical (unpaired) electrons. The van der Waals surface area contributed by atoms with Crippen LogP contribution in [0.5, 0.6) is 11.5 Å². The van der Waals surface area contributed by atoms with Gasteiger partial charge in [0.15, 0.2) is 11.4 Å². The van der Waals surface area contributed by atoms with Gasteiger partial charge in [-0.15, -0.1) is 0 Å². The summed E-state index contributed by atoms with van der Waals surface area (Å²) < 4.78 is 5.78. The zero-order valence-electron chi connectivity index (χ0n) is 24.4. The SMILES string of the molecule is COc1c(CNCCC2CCCCC2)cc(O)c2c1C[C@H]1C[C@H]3[C@H](N(C)C)C(=O)C(C(N)=O)=C(O)[C@@]3(O)C(=O)C1=C2O. The summed E-state index contributed by atoms with van der Waals surface area (Å²) in [6.45, 7) is 1.26. The summed E-state index contributed by atoms with van der Waals surface area (Å²) in [5, 5.41) is 48.6. The van der Waals surface area contributed by atoms with E-state index in [0.717, 1.165) is 18.9 Å². The van der Waals surface area contributed by atoms with E-state index < -0.39 is 58.0 Å². The van der Waals surface area contributed by atoms with Crippen molar-refractivity contribution < 1.29 is 39.5 Å². The van der Waals surface area contributed by atoms with E-state index in [0.29, 0.717) is 23.4 Å². The highest BCUT2D eigenvalue weighted by Crippen LogP contribution is 2.54.